The highest BCUT2D eigenvalue weighted by atomic mass is 16.6. The van der Waals surface area contributed by atoms with Gasteiger partial charge in [0.15, 0.2) is 11.5 Å². The van der Waals surface area contributed by atoms with Crippen LogP contribution in [-0.2, 0) is 11.2 Å². The van der Waals surface area contributed by atoms with Gasteiger partial charge in [-0.2, -0.15) is 0 Å². The molecule has 184 valence electrons. The van der Waals surface area contributed by atoms with E-state index in [1.807, 2.05) is 36.5 Å². The average Bonchev–Trinajstić information content (AvgIpc) is 3.34. The van der Waals surface area contributed by atoms with E-state index in [0.717, 1.165) is 22.0 Å². The molecular formula is C28H26N2O6. The lowest BCUT2D eigenvalue weighted by Crippen LogP contribution is -2.39. The number of nitrogens with one attached hydrogen (secondary N) is 2. The summed E-state index contributed by atoms with van der Waals surface area (Å²) in [5.41, 5.74) is 4.10. The highest BCUT2D eigenvalue weighted by molar-refractivity contribution is 6.00. The first kappa shape index (κ1) is 23.4. The number of hydrogen-bond acceptors (Lipinski definition) is 6. The van der Waals surface area contributed by atoms with Gasteiger partial charge in [0.2, 0.25) is 0 Å². The highest BCUT2D eigenvalue weighted by Gasteiger charge is 2.25. The highest BCUT2D eigenvalue weighted by Crippen LogP contribution is 2.38. The number of ether oxygens (including phenoxy) is 3. The van der Waals surface area contributed by atoms with E-state index in [2.05, 4.69) is 10.3 Å². The summed E-state index contributed by atoms with van der Waals surface area (Å²) in [4.78, 5) is 28.7. The number of H-pyrrole nitrogens is 1. The lowest BCUT2D eigenvalue weighted by atomic mass is 9.98. The number of aromatic nitrogens is 1. The molecule has 1 aromatic heterocycles. The second-order valence-corrected chi connectivity index (χ2v) is 8.54. The number of carbonyl (C=O) groups excluding carboxylic acids is 2. The second kappa shape index (κ2) is 10.1. The van der Waals surface area contributed by atoms with Crippen LogP contribution in [0.3, 0.4) is 0 Å². The molecule has 1 amide bonds. The Balaban J connectivity index is 1.45. The quantitative estimate of drug-likeness (QED) is 0.344. The van der Waals surface area contributed by atoms with Crippen molar-refractivity contribution in [3.8, 4) is 22.6 Å². The third-order valence-corrected chi connectivity index (χ3v) is 6.20. The van der Waals surface area contributed by atoms with Crippen LogP contribution in [0, 0.1) is 0 Å². The smallest absolute Gasteiger partial charge is 0.337 e. The summed E-state index contributed by atoms with van der Waals surface area (Å²) >= 11 is 0. The molecule has 36 heavy (non-hydrogen) atoms. The summed E-state index contributed by atoms with van der Waals surface area (Å²) in [5, 5.41) is 14.0. The minimum atomic E-state index is -0.511. The van der Waals surface area contributed by atoms with Crippen LogP contribution in [0.4, 0.5) is 0 Å². The SMILES string of the molecule is COC(=O)c1cccc(-c2cc3c(c(C(=O)N[C@@H](CO)Cc4c[nH]c5ccccc45)c2)OCCO3)c1. The van der Waals surface area contributed by atoms with Gasteiger partial charge in [-0.05, 0) is 53.4 Å². The van der Waals surface area contributed by atoms with E-state index >= 15 is 0 Å². The van der Waals surface area contributed by atoms with E-state index in [0.29, 0.717) is 47.8 Å². The summed E-state index contributed by atoms with van der Waals surface area (Å²) in [7, 11) is 1.33. The Morgan fingerprint density at radius 2 is 1.89 bits per heavy atom. The van der Waals surface area contributed by atoms with Gasteiger partial charge in [-0.1, -0.05) is 30.3 Å². The van der Waals surface area contributed by atoms with E-state index in [-0.39, 0.29) is 12.5 Å². The van der Waals surface area contributed by atoms with Crippen LogP contribution in [-0.4, -0.2) is 54.9 Å². The molecule has 0 spiro atoms. The molecule has 1 aliphatic heterocycles. The predicted molar refractivity (Wildman–Crippen MR) is 135 cm³/mol. The lowest BCUT2D eigenvalue weighted by Gasteiger charge is -2.23. The number of methoxy groups -OCH3 is 1. The van der Waals surface area contributed by atoms with Crippen molar-refractivity contribution in [3.05, 3.63) is 83.6 Å². The third kappa shape index (κ3) is 4.63. The van der Waals surface area contributed by atoms with Crippen LogP contribution >= 0.6 is 0 Å². The number of hydrogen-bond donors (Lipinski definition) is 3. The van der Waals surface area contributed by atoms with Crippen molar-refractivity contribution < 1.29 is 28.9 Å². The van der Waals surface area contributed by atoms with Crippen LogP contribution in [0.2, 0.25) is 0 Å². The minimum Gasteiger partial charge on any atom is -0.486 e. The van der Waals surface area contributed by atoms with Gasteiger partial charge in [0.05, 0.1) is 30.9 Å². The fourth-order valence-corrected chi connectivity index (χ4v) is 4.42. The predicted octanol–water partition coefficient (Wildman–Crippen LogP) is 3.73. The first-order valence-electron chi connectivity index (χ1n) is 11.7. The topological polar surface area (TPSA) is 110 Å². The van der Waals surface area contributed by atoms with Crippen molar-refractivity contribution in [2.24, 2.45) is 0 Å². The molecule has 1 aliphatic rings. The number of rotatable bonds is 7. The first-order valence-corrected chi connectivity index (χ1v) is 11.7. The summed E-state index contributed by atoms with van der Waals surface area (Å²) < 4.78 is 16.4. The van der Waals surface area contributed by atoms with E-state index < -0.39 is 12.0 Å². The van der Waals surface area contributed by atoms with Crippen LogP contribution in [0.5, 0.6) is 11.5 Å². The van der Waals surface area contributed by atoms with E-state index in [1.54, 1.807) is 30.3 Å². The zero-order valence-electron chi connectivity index (χ0n) is 19.7. The van der Waals surface area contributed by atoms with Crippen LogP contribution in [0.1, 0.15) is 26.3 Å². The van der Waals surface area contributed by atoms with Crippen molar-refractivity contribution >= 4 is 22.8 Å². The molecule has 8 nitrogen and oxygen atoms in total. The fourth-order valence-electron chi connectivity index (χ4n) is 4.42. The van der Waals surface area contributed by atoms with Gasteiger partial charge in [-0.25, -0.2) is 4.79 Å². The van der Waals surface area contributed by atoms with Crippen molar-refractivity contribution in [2.45, 2.75) is 12.5 Å². The summed E-state index contributed by atoms with van der Waals surface area (Å²) in [5.74, 6) is -0.0306. The van der Waals surface area contributed by atoms with Gasteiger partial charge < -0.3 is 29.6 Å². The molecule has 1 atom stereocenters. The molecule has 8 heteroatoms. The number of benzene rings is 3. The monoisotopic (exact) mass is 486 g/mol. The van der Waals surface area contributed by atoms with Crippen molar-refractivity contribution in [3.63, 3.8) is 0 Å². The maximum absolute atomic E-state index is 13.4. The largest absolute Gasteiger partial charge is 0.486 e. The Morgan fingerprint density at radius 3 is 2.72 bits per heavy atom. The van der Waals surface area contributed by atoms with Crippen LogP contribution in [0.15, 0.2) is 66.9 Å². The Bertz CT molecular complexity index is 1430. The Labute approximate surface area is 207 Å². The maximum atomic E-state index is 13.4. The standard InChI is InChI=1S/C28H26N2O6/c1-34-28(33)18-6-4-5-17(11-18)19-13-23(26-25(14-19)35-9-10-36-26)27(32)30-21(16-31)12-20-15-29-24-8-3-2-7-22(20)24/h2-8,11,13-15,21,29,31H,9-10,12,16H2,1H3,(H,30,32)/t21-/m1/s1. The van der Waals surface area contributed by atoms with E-state index in [9.17, 15) is 14.7 Å². The van der Waals surface area contributed by atoms with Crippen LogP contribution in [0.25, 0.3) is 22.0 Å². The van der Waals surface area contributed by atoms with Gasteiger partial charge in [0, 0.05) is 17.1 Å². The summed E-state index contributed by atoms with van der Waals surface area (Å²) in [6.45, 7) is 0.453. The number of aromatic amines is 1. The van der Waals surface area contributed by atoms with Gasteiger partial charge >= 0.3 is 5.97 Å². The van der Waals surface area contributed by atoms with E-state index in [4.69, 9.17) is 14.2 Å². The molecule has 0 radical (unpaired) electrons. The zero-order valence-corrected chi connectivity index (χ0v) is 19.7. The molecular weight excluding hydrogens is 460 g/mol. The number of carbonyl (C=O) groups is 2. The molecule has 0 fully saturated rings. The molecule has 0 saturated heterocycles. The molecule has 5 rings (SSSR count). The molecule has 0 bridgehead atoms. The number of para-hydroxylation sites is 1. The van der Waals surface area contributed by atoms with Crippen molar-refractivity contribution in [2.75, 3.05) is 26.9 Å². The lowest BCUT2D eigenvalue weighted by molar-refractivity contribution is 0.0600. The average molecular weight is 487 g/mol. The number of aliphatic hydroxyl groups excluding tert-OH is 1. The molecule has 2 heterocycles. The Hall–Kier alpha value is -4.30. The Morgan fingerprint density at radius 1 is 1.06 bits per heavy atom. The first-order chi connectivity index (χ1) is 17.6. The van der Waals surface area contributed by atoms with Crippen LogP contribution < -0.4 is 14.8 Å². The minimum absolute atomic E-state index is 0.230. The number of fused-ring (bicyclic) bond motifs is 2. The Kier molecular flexibility index (Phi) is 6.60. The molecule has 0 saturated carbocycles. The van der Waals surface area contributed by atoms with Gasteiger partial charge in [-0.15, -0.1) is 0 Å². The number of aliphatic hydroxyl groups is 1. The number of esters is 1. The second-order valence-electron chi connectivity index (χ2n) is 8.54. The van der Waals surface area contributed by atoms with E-state index in [1.165, 1.54) is 7.11 Å². The number of amides is 1. The molecule has 0 unspecified atom stereocenters. The fraction of sp³-hybridized carbons (Fsp3) is 0.214. The summed E-state index contributed by atoms with van der Waals surface area (Å²) in [6, 6.07) is 17.8. The zero-order chi connectivity index (χ0) is 25.1. The van der Waals surface area contributed by atoms with Gasteiger partial charge in [0.1, 0.15) is 13.2 Å². The third-order valence-electron chi connectivity index (χ3n) is 6.20. The maximum Gasteiger partial charge on any atom is 0.337 e. The summed E-state index contributed by atoms with van der Waals surface area (Å²) in [6.07, 6.45) is 2.35. The van der Waals surface area contributed by atoms with Crippen molar-refractivity contribution in [1.82, 2.24) is 10.3 Å². The van der Waals surface area contributed by atoms with Crippen molar-refractivity contribution in [1.29, 1.82) is 0 Å². The molecule has 3 N–H and O–H groups in total. The molecule has 0 aliphatic carbocycles. The van der Waals surface area contributed by atoms with Gasteiger partial charge in [0.25, 0.3) is 5.91 Å². The molecule has 3 aromatic carbocycles. The van der Waals surface area contributed by atoms with Gasteiger partial charge in [-0.3, -0.25) is 4.79 Å². The normalized spacial score (nSPS) is 13.3. The molecule has 4 aromatic rings.